The number of para-hydroxylation sites is 2. The minimum atomic E-state index is -3.67. The molecule has 0 fully saturated rings. The minimum Gasteiger partial charge on any atom is -0.455 e. The number of nitrogens with zero attached hydrogens (tertiary/aromatic N) is 3. The van der Waals surface area contributed by atoms with Crippen molar-refractivity contribution in [3.8, 4) is 0 Å². The highest BCUT2D eigenvalue weighted by Crippen LogP contribution is 2.21. The van der Waals surface area contributed by atoms with Gasteiger partial charge in [-0.25, -0.2) is 23.2 Å². The molecule has 0 spiro atoms. The number of aryl methyl sites for hydroxylation is 2. The maximum atomic E-state index is 12.8. The van der Waals surface area contributed by atoms with Crippen molar-refractivity contribution in [3.05, 3.63) is 65.0 Å². The summed E-state index contributed by atoms with van der Waals surface area (Å²) in [6.07, 6.45) is 0. The van der Waals surface area contributed by atoms with Crippen molar-refractivity contribution >= 4 is 27.0 Å². The van der Waals surface area contributed by atoms with Gasteiger partial charge in [0, 0.05) is 13.1 Å². The summed E-state index contributed by atoms with van der Waals surface area (Å²) in [5, 5.41) is 0. The molecule has 3 rings (SSSR count). The number of esters is 1. The first-order valence-electron chi connectivity index (χ1n) is 9.78. The van der Waals surface area contributed by atoms with Gasteiger partial charge in [0.1, 0.15) is 6.61 Å². The first-order chi connectivity index (χ1) is 14.3. The Balaban J connectivity index is 1.85. The molecule has 0 radical (unpaired) electrons. The van der Waals surface area contributed by atoms with Gasteiger partial charge in [-0.2, -0.15) is 4.31 Å². The van der Waals surface area contributed by atoms with Crippen LogP contribution in [0.5, 0.6) is 0 Å². The zero-order valence-electron chi connectivity index (χ0n) is 17.5. The van der Waals surface area contributed by atoms with Gasteiger partial charge in [0.05, 0.1) is 32.9 Å². The molecule has 0 bridgehead atoms. The van der Waals surface area contributed by atoms with Crippen LogP contribution in [0.1, 0.15) is 41.2 Å². The third-order valence-corrected chi connectivity index (χ3v) is 7.00. The van der Waals surface area contributed by atoms with Crippen molar-refractivity contribution in [3.63, 3.8) is 0 Å². The number of benzene rings is 2. The summed E-state index contributed by atoms with van der Waals surface area (Å²) in [6.45, 7) is 7.76. The second-order valence-electron chi connectivity index (χ2n) is 6.89. The highest BCUT2D eigenvalue weighted by atomic mass is 32.2. The molecule has 0 aliphatic carbocycles. The molecule has 0 aliphatic heterocycles. The van der Waals surface area contributed by atoms with Crippen LogP contribution in [-0.2, 0) is 21.4 Å². The third kappa shape index (κ3) is 4.34. The monoisotopic (exact) mass is 427 g/mol. The quantitative estimate of drug-likeness (QED) is 0.535. The molecule has 7 nitrogen and oxygen atoms in total. The van der Waals surface area contributed by atoms with Gasteiger partial charge < -0.3 is 4.74 Å². The SMILES string of the molecule is CCN(CC)S(=O)(=O)c1ccc(C)c(C(=O)OCc2nc3ccccc3nc2C)c1. The number of ether oxygens (including phenoxy) is 1. The molecule has 2 aromatic carbocycles. The molecular formula is C22H25N3O4S. The lowest BCUT2D eigenvalue weighted by Gasteiger charge is -2.19. The van der Waals surface area contributed by atoms with Crippen LogP contribution in [0, 0.1) is 13.8 Å². The van der Waals surface area contributed by atoms with E-state index in [1.807, 2.05) is 31.2 Å². The van der Waals surface area contributed by atoms with E-state index in [0.717, 1.165) is 11.0 Å². The number of rotatable bonds is 7. The van der Waals surface area contributed by atoms with E-state index >= 15 is 0 Å². The average molecular weight is 428 g/mol. The van der Waals surface area contributed by atoms with E-state index in [0.29, 0.717) is 30.0 Å². The maximum Gasteiger partial charge on any atom is 0.338 e. The van der Waals surface area contributed by atoms with E-state index in [-0.39, 0.29) is 17.1 Å². The summed E-state index contributed by atoms with van der Waals surface area (Å²) in [6, 6.07) is 12.0. The average Bonchev–Trinajstić information content (AvgIpc) is 2.72. The highest BCUT2D eigenvalue weighted by Gasteiger charge is 2.24. The summed E-state index contributed by atoms with van der Waals surface area (Å²) in [4.78, 5) is 21.8. The molecule has 0 saturated carbocycles. The van der Waals surface area contributed by atoms with Crippen LogP contribution in [0.3, 0.4) is 0 Å². The summed E-state index contributed by atoms with van der Waals surface area (Å²) in [5.74, 6) is -0.599. The molecule has 0 atom stereocenters. The number of carbonyl (C=O) groups is 1. The van der Waals surface area contributed by atoms with Crippen molar-refractivity contribution in [1.29, 1.82) is 0 Å². The molecule has 158 valence electrons. The van der Waals surface area contributed by atoms with E-state index in [9.17, 15) is 13.2 Å². The van der Waals surface area contributed by atoms with Gasteiger partial charge in [-0.05, 0) is 43.7 Å². The molecule has 0 unspecified atom stereocenters. The van der Waals surface area contributed by atoms with Crippen molar-refractivity contribution in [2.75, 3.05) is 13.1 Å². The van der Waals surface area contributed by atoms with Crippen LogP contribution in [0.4, 0.5) is 0 Å². The molecule has 8 heteroatoms. The molecule has 1 heterocycles. The summed E-state index contributed by atoms with van der Waals surface area (Å²) < 4.78 is 32.4. The van der Waals surface area contributed by atoms with Gasteiger partial charge in [0.25, 0.3) is 0 Å². The van der Waals surface area contributed by atoms with E-state index in [2.05, 4.69) is 9.97 Å². The summed E-state index contributed by atoms with van der Waals surface area (Å²) in [5.41, 5.74) is 3.59. The predicted molar refractivity (Wildman–Crippen MR) is 115 cm³/mol. The molecule has 1 aromatic heterocycles. The second kappa shape index (κ2) is 8.89. The first kappa shape index (κ1) is 21.9. The molecule has 0 aliphatic rings. The largest absolute Gasteiger partial charge is 0.455 e. The lowest BCUT2D eigenvalue weighted by atomic mass is 10.1. The molecule has 30 heavy (non-hydrogen) atoms. The third-order valence-electron chi connectivity index (χ3n) is 4.96. The van der Waals surface area contributed by atoms with Crippen LogP contribution < -0.4 is 0 Å². The Hall–Kier alpha value is -2.84. The van der Waals surface area contributed by atoms with E-state index < -0.39 is 16.0 Å². The number of hydrogen-bond acceptors (Lipinski definition) is 6. The molecular weight excluding hydrogens is 402 g/mol. The standard InChI is InChI=1S/C22H25N3O4S/c1-5-25(6-2)30(27,28)17-12-11-15(3)18(13-17)22(26)29-14-21-16(4)23-19-9-7-8-10-20(19)24-21/h7-13H,5-6,14H2,1-4H3. The Bertz CT molecular complexity index is 1190. The predicted octanol–water partition coefficient (Wildman–Crippen LogP) is 3.63. The van der Waals surface area contributed by atoms with Crippen molar-refractivity contribution in [2.45, 2.75) is 39.2 Å². The number of sulfonamides is 1. The molecule has 0 saturated heterocycles. The van der Waals surface area contributed by atoms with Crippen LogP contribution in [0.2, 0.25) is 0 Å². The van der Waals surface area contributed by atoms with Crippen molar-refractivity contribution < 1.29 is 17.9 Å². The van der Waals surface area contributed by atoms with Gasteiger partial charge in [-0.1, -0.05) is 32.0 Å². The maximum absolute atomic E-state index is 12.8. The number of aromatic nitrogens is 2. The highest BCUT2D eigenvalue weighted by molar-refractivity contribution is 7.89. The van der Waals surface area contributed by atoms with Gasteiger partial charge in [-0.15, -0.1) is 0 Å². The van der Waals surface area contributed by atoms with Gasteiger partial charge >= 0.3 is 5.97 Å². The Morgan fingerprint density at radius 2 is 1.63 bits per heavy atom. The number of fused-ring (bicyclic) bond motifs is 1. The number of hydrogen-bond donors (Lipinski definition) is 0. The summed E-state index contributed by atoms with van der Waals surface area (Å²) >= 11 is 0. The van der Waals surface area contributed by atoms with Crippen LogP contribution in [0.25, 0.3) is 11.0 Å². The fourth-order valence-corrected chi connectivity index (χ4v) is 4.65. The second-order valence-corrected chi connectivity index (χ2v) is 8.82. The van der Waals surface area contributed by atoms with Gasteiger partial charge in [0.15, 0.2) is 0 Å². The normalized spacial score (nSPS) is 11.8. The van der Waals surface area contributed by atoms with Crippen LogP contribution >= 0.6 is 0 Å². The van der Waals surface area contributed by atoms with Crippen LogP contribution in [0.15, 0.2) is 47.4 Å². The van der Waals surface area contributed by atoms with E-state index in [4.69, 9.17) is 4.74 Å². The Morgan fingerprint density at radius 1 is 1.00 bits per heavy atom. The molecule has 0 N–H and O–H groups in total. The van der Waals surface area contributed by atoms with Crippen molar-refractivity contribution in [2.24, 2.45) is 0 Å². The molecule has 0 amide bonds. The van der Waals surface area contributed by atoms with E-state index in [1.54, 1.807) is 26.8 Å². The van der Waals surface area contributed by atoms with Crippen molar-refractivity contribution in [1.82, 2.24) is 14.3 Å². The molecule has 3 aromatic rings. The van der Waals surface area contributed by atoms with Gasteiger partial charge in [0.2, 0.25) is 10.0 Å². The Kier molecular flexibility index (Phi) is 6.48. The zero-order chi connectivity index (χ0) is 21.9. The fraction of sp³-hybridized carbons (Fsp3) is 0.318. The van der Waals surface area contributed by atoms with Gasteiger partial charge in [-0.3, -0.25) is 0 Å². The first-order valence-corrected chi connectivity index (χ1v) is 11.2. The fourth-order valence-electron chi connectivity index (χ4n) is 3.17. The minimum absolute atomic E-state index is 0.0467. The van der Waals surface area contributed by atoms with Crippen LogP contribution in [-0.4, -0.2) is 41.7 Å². The lowest BCUT2D eigenvalue weighted by Crippen LogP contribution is -2.30. The summed E-state index contributed by atoms with van der Waals surface area (Å²) in [7, 11) is -3.67. The Labute approximate surface area is 176 Å². The number of carbonyl (C=O) groups excluding carboxylic acids is 1. The zero-order valence-corrected chi connectivity index (χ0v) is 18.4. The lowest BCUT2D eigenvalue weighted by molar-refractivity contribution is 0.0466. The van der Waals surface area contributed by atoms with E-state index in [1.165, 1.54) is 16.4 Å². The topological polar surface area (TPSA) is 89.5 Å². The Morgan fingerprint density at radius 3 is 2.27 bits per heavy atom. The smallest absolute Gasteiger partial charge is 0.338 e.